The average Bonchev–Trinajstić information content (AvgIpc) is 2.82. The maximum atomic E-state index is 10.5. The molecule has 172 valence electrons. The van der Waals surface area contributed by atoms with E-state index >= 15 is 0 Å². The topological polar surface area (TPSA) is 63.1 Å². The van der Waals surface area contributed by atoms with Crippen LogP contribution in [0.15, 0.2) is 48.8 Å². The van der Waals surface area contributed by atoms with E-state index in [2.05, 4.69) is 41.2 Å². The molecule has 4 heteroatoms. The Balaban J connectivity index is 1.41. The van der Waals surface area contributed by atoms with Crippen molar-refractivity contribution < 1.29 is 9.90 Å². The Morgan fingerprint density at radius 2 is 1.72 bits per heavy atom. The van der Waals surface area contributed by atoms with Crippen molar-refractivity contribution in [3.63, 3.8) is 0 Å². The predicted molar refractivity (Wildman–Crippen MR) is 131 cm³/mol. The lowest BCUT2D eigenvalue weighted by Gasteiger charge is -2.29. The molecule has 0 spiro atoms. The molecule has 1 heterocycles. The summed E-state index contributed by atoms with van der Waals surface area (Å²) in [5.41, 5.74) is 3.77. The van der Waals surface area contributed by atoms with Gasteiger partial charge < -0.3 is 5.11 Å². The van der Waals surface area contributed by atoms with Crippen LogP contribution >= 0.6 is 0 Å². The fraction of sp³-hybridized carbons (Fsp3) is 0.536. The van der Waals surface area contributed by atoms with Gasteiger partial charge in [0.2, 0.25) is 0 Å². The maximum Gasteiger partial charge on any atom is 0.327 e. The fourth-order valence-electron chi connectivity index (χ4n) is 4.78. The molecule has 32 heavy (non-hydrogen) atoms. The molecule has 0 saturated heterocycles. The number of aliphatic carboxylic acids is 1. The lowest BCUT2D eigenvalue weighted by Crippen LogP contribution is -2.13. The van der Waals surface area contributed by atoms with Gasteiger partial charge in [-0.05, 0) is 74.3 Å². The maximum absolute atomic E-state index is 10.5. The summed E-state index contributed by atoms with van der Waals surface area (Å²) in [5.74, 6) is 1.47. The van der Waals surface area contributed by atoms with Crippen LogP contribution in [0.25, 0.3) is 11.4 Å². The summed E-state index contributed by atoms with van der Waals surface area (Å²) in [6.45, 7) is 2.22. The SMILES string of the molecule is CCCCCc1cnc(-c2ccc(C3CCC(CCCC/C=C/C(=O)O)CC3)cc2)nc1. The molecule has 0 radical (unpaired) electrons. The zero-order valence-electron chi connectivity index (χ0n) is 19.5. The lowest BCUT2D eigenvalue weighted by molar-refractivity contribution is -0.131. The summed E-state index contributed by atoms with van der Waals surface area (Å²) in [6, 6.07) is 8.90. The molecule has 0 bridgehead atoms. The number of hydrogen-bond donors (Lipinski definition) is 1. The molecule has 3 rings (SSSR count). The van der Waals surface area contributed by atoms with Crippen LogP contribution in [0.4, 0.5) is 0 Å². The molecule has 1 saturated carbocycles. The number of rotatable bonds is 12. The summed E-state index contributed by atoms with van der Waals surface area (Å²) < 4.78 is 0. The molecule has 1 aromatic carbocycles. The highest BCUT2D eigenvalue weighted by atomic mass is 16.4. The minimum absolute atomic E-state index is 0.667. The molecule has 4 nitrogen and oxygen atoms in total. The third-order valence-corrected chi connectivity index (χ3v) is 6.75. The highest BCUT2D eigenvalue weighted by Crippen LogP contribution is 2.38. The number of carboxylic acids is 1. The Labute approximate surface area is 193 Å². The highest BCUT2D eigenvalue weighted by molar-refractivity contribution is 5.79. The van der Waals surface area contributed by atoms with E-state index in [1.807, 2.05) is 12.4 Å². The van der Waals surface area contributed by atoms with E-state index in [4.69, 9.17) is 5.11 Å². The van der Waals surface area contributed by atoms with E-state index in [-0.39, 0.29) is 0 Å². The molecule has 0 unspecified atom stereocenters. The number of allylic oxidation sites excluding steroid dienone is 1. The van der Waals surface area contributed by atoms with E-state index in [0.29, 0.717) is 5.92 Å². The quantitative estimate of drug-likeness (QED) is 0.280. The zero-order chi connectivity index (χ0) is 22.6. The molecule has 1 aromatic heterocycles. The summed E-state index contributed by atoms with van der Waals surface area (Å²) >= 11 is 0. The van der Waals surface area contributed by atoms with Crippen molar-refractivity contribution in [2.45, 2.75) is 89.9 Å². The van der Waals surface area contributed by atoms with E-state index in [1.54, 1.807) is 6.08 Å². The second kappa shape index (κ2) is 13.1. The molecular weight excluding hydrogens is 396 g/mol. The monoisotopic (exact) mass is 434 g/mol. The van der Waals surface area contributed by atoms with Gasteiger partial charge in [-0.3, -0.25) is 0 Å². The van der Waals surface area contributed by atoms with Gasteiger partial charge in [0.05, 0.1) is 0 Å². The predicted octanol–water partition coefficient (Wildman–Crippen LogP) is 7.35. The van der Waals surface area contributed by atoms with Crippen LogP contribution in [0.1, 0.15) is 94.6 Å². The van der Waals surface area contributed by atoms with Crippen molar-refractivity contribution in [3.8, 4) is 11.4 Å². The van der Waals surface area contributed by atoms with Crippen LogP contribution in [-0.4, -0.2) is 21.0 Å². The molecule has 0 aliphatic heterocycles. The summed E-state index contributed by atoms with van der Waals surface area (Å²) in [7, 11) is 0. The first kappa shape index (κ1) is 24.2. The van der Waals surface area contributed by atoms with Crippen LogP contribution < -0.4 is 0 Å². The molecule has 1 aliphatic rings. The average molecular weight is 435 g/mol. The molecule has 0 amide bonds. The van der Waals surface area contributed by atoms with Crippen molar-refractivity contribution in [3.05, 3.63) is 59.9 Å². The van der Waals surface area contributed by atoms with Gasteiger partial charge in [0.15, 0.2) is 5.82 Å². The second-order valence-corrected chi connectivity index (χ2v) is 9.24. The zero-order valence-corrected chi connectivity index (χ0v) is 19.5. The molecule has 1 N–H and O–H groups in total. The summed E-state index contributed by atoms with van der Waals surface area (Å²) in [4.78, 5) is 19.7. The van der Waals surface area contributed by atoms with Crippen molar-refractivity contribution >= 4 is 5.97 Å². The number of carboxylic acid groups (broad SMARTS) is 1. The summed E-state index contributed by atoms with van der Waals surface area (Å²) in [5, 5.41) is 8.62. The normalized spacial score (nSPS) is 18.8. The van der Waals surface area contributed by atoms with Gasteiger partial charge in [0.25, 0.3) is 0 Å². The van der Waals surface area contributed by atoms with Gasteiger partial charge in [0, 0.05) is 24.0 Å². The van der Waals surface area contributed by atoms with E-state index in [0.717, 1.165) is 36.6 Å². The smallest absolute Gasteiger partial charge is 0.327 e. The van der Waals surface area contributed by atoms with Gasteiger partial charge >= 0.3 is 5.97 Å². The Morgan fingerprint density at radius 1 is 1.00 bits per heavy atom. The Morgan fingerprint density at radius 3 is 2.38 bits per heavy atom. The van der Waals surface area contributed by atoms with E-state index in [1.165, 1.54) is 75.0 Å². The van der Waals surface area contributed by atoms with Gasteiger partial charge in [0.1, 0.15) is 0 Å². The van der Waals surface area contributed by atoms with Crippen molar-refractivity contribution in [1.29, 1.82) is 0 Å². The van der Waals surface area contributed by atoms with Gasteiger partial charge in [-0.1, -0.05) is 62.9 Å². The number of benzene rings is 1. The summed E-state index contributed by atoms with van der Waals surface area (Å²) in [6.07, 6.45) is 21.4. The lowest BCUT2D eigenvalue weighted by atomic mass is 9.77. The first-order chi connectivity index (χ1) is 15.7. The van der Waals surface area contributed by atoms with Crippen molar-refractivity contribution in [2.24, 2.45) is 5.92 Å². The second-order valence-electron chi connectivity index (χ2n) is 9.24. The third kappa shape index (κ3) is 7.89. The highest BCUT2D eigenvalue weighted by Gasteiger charge is 2.22. The number of aryl methyl sites for hydroxylation is 1. The van der Waals surface area contributed by atoms with Gasteiger partial charge in [-0.25, -0.2) is 14.8 Å². The molecule has 0 atom stereocenters. The third-order valence-electron chi connectivity index (χ3n) is 6.75. The van der Waals surface area contributed by atoms with Gasteiger partial charge in [-0.15, -0.1) is 0 Å². The van der Waals surface area contributed by atoms with Crippen LogP contribution in [0.2, 0.25) is 0 Å². The van der Waals surface area contributed by atoms with Crippen molar-refractivity contribution in [2.75, 3.05) is 0 Å². The van der Waals surface area contributed by atoms with Crippen LogP contribution in [0.5, 0.6) is 0 Å². The van der Waals surface area contributed by atoms with Crippen LogP contribution in [0, 0.1) is 5.92 Å². The first-order valence-electron chi connectivity index (χ1n) is 12.5. The number of aromatic nitrogens is 2. The van der Waals surface area contributed by atoms with Gasteiger partial charge in [-0.2, -0.15) is 0 Å². The Kier molecular flexibility index (Phi) is 9.93. The first-order valence-corrected chi connectivity index (χ1v) is 12.5. The molecule has 1 fully saturated rings. The number of hydrogen-bond acceptors (Lipinski definition) is 3. The molecule has 1 aliphatic carbocycles. The van der Waals surface area contributed by atoms with E-state index in [9.17, 15) is 4.79 Å². The molecular formula is C28H38N2O2. The number of nitrogens with zero attached hydrogens (tertiary/aromatic N) is 2. The van der Waals surface area contributed by atoms with Crippen molar-refractivity contribution in [1.82, 2.24) is 9.97 Å². The minimum Gasteiger partial charge on any atom is -0.478 e. The van der Waals surface area contributed by atoms with Crippen LogP contribution in [0.3, 0.4) is 0 Å². The Bertz CT molecular complexity index is 835. The standard InChI is InChI=1S/C28H38N2O2/c1-2-3-6-10-23-20-29-28(30-21-23)26-18-16-25(17-19-26)24-14-12-22(13-15-24)9-7-4-5-8-11-27(31)32/h8,11,16-22,24H,2-7,9-10,12-15H2,1H3,(H,31,32)/b11-8+. The number of carbonyl (C=O) groups is 1. The fourth-order valence-corrected chi connectivity index (χ4v) is 4.78. The molecule has 2 aromatic rings. The Hall–Kier alpha value is -2.49. The van der Waals surface area contributed by atoms with E-state index < -0.39 is 5.97 Å². The number of unbranched alkanes of at least 4 members (excludes halogenated alkanes) is 4. The minimum atomic E-state index is -0.848. The largest absolute Gasteiger partial charge is 0.478 e. The van der Waals surface area contributed by atoms with Crippen LogP contribution in [-0.2, 0) is 11.2 Å².